The normalized spacial score (nSPS) is 17.3. The number of aromatic hydroxyl groups is 1. The monoisotopic (exact) mass is 528 g/mol. The van der Waals surface area contributed by atoms with Crippen molar-refractivity contribution in [3.8, 4) is 5.75 Å². The van der Waals surface area contributed by atoms with Crippen molar-refractivity contribution in [2.24, 2.45) is 0 Å². The average molecular weight is 529 g/mol. The van der Waals surface area contributed by atoms with Crippen molar-refractivity contribution in [3.63, 3.8) is 0 Å². The number of rotatable bonds is 12. The number of nitrogens with one attached hydrogen (secondary N) is 4. The lowest BCUT2D eigenvalue weighted by atomic mass is 10.0. The molecule has 1 saturated heterocycles. The third-order valence-corrected chi connectivity index (χ3v) is 6.46. The fourth-order valence-corrected chi connectivity index (χ4v) is 4.30. The van der Waals surface area contributed by atoms with Crippen LogP contribution < -0.4 is 21.3 Å². The zero-order chi connectivity index (χ0) is 26.8. The molecule has 1 heterocycles. The van der Waals surface area contributed by atoms with E-state index in [0.29, 0.717) is 12.0 Å². The van der Waals surface area contributed by atoms with Gasteiger partial charge in [0.2, 0.25) is 17.7 Å². The summed E-state index contributed by atoms with van der Waals surface area (Å²) in [5, 5.41) is 30.1. The number of carboxylic acid groups (broad SMARTS) is 1. The highest BCUT2D eigenvalue weighted by Crippen LogP contribution is 2.12. The number of amides is 3. The number of carbonyl (C=O) groups excluding carboxylic acids is 3. The summed E-state index contributed by atoms with van der Waals surface area (Å²) in [5.41, 5.74) is 1.36. The van der Waals surface area contributed by atoms with E-state index in [1.54, 1.807) is 36.4 Å². The first-order valence-electron chi connectivity index (χ1n) is 12.1. The topological polar surface area (TPSA) is 157 Å². The molecular weight excluding hydrogens is 496 g/mol. The highest BCUT2D eigenvalue weighted by atomic mass is 32.1. The van der Waals surface area contributed by atoms with Crippen LogP contribution in [0.5, 0.6) is 5.75 Å². The molecule has 198 valence electrons. The second-order valence-electron chi connectivity index (χ2n) is 8.91. The third-order valence-electron chi connectivity index (χ3n) is 6.10. The first-order chi connectivity index (χ1) is 17.8. The Morgan fingerprint density at radius 2 is 1.46 bits per heavy atom. The fraction of sp³-hybridized carbons (Fsp3) is 0.385. The Morgan fingerprint density at radius 3 is 2.05 bits per heavy atom. The fourth-order valence-electron chi connectivity index (χ4n) is 4.05. The maximum Gasteiger partial charge on any atom is 0.326 e. The molecule has 2 aromatic rings. The van der Waals surface area contributed by atoms with Crippen LogP contribution >= 0.6 is 12.6 Å². The van der Waals surface area contributed by atoms with Crippen LogP contribution in [0.2, 0.25) is 0 Å². The molecule has 37 heavy (non-hydrogen) atoms. The van der Waals surface area contributed by atoms with Crippen molar-refractivity contribution in [2.45, 2.75) is 49.9 Å². The SMILES string of the molecule is O=C(O)C(Cc1ccc(O)cc1)NC(=O)C(Cc1ccccc1)NC(=O)C(CS)NC(=O)C1CCCN1. The number of thiol groups is 1. The van der Waals surface area contributed by atoms with E-state index in [4.69, 9.17) is 0 Å². The summed E-state index contributed by atoms with van der Waals surface area (Å²) in [6.07, 6.45) is 1.63. The van der Waals surface area contributed by atoms with Crippen molar-refractivity contribution in [1.82, 2.24) is 21.3 Å². The molecule has 3 rings (SSSR count). The smallest absolute Gasteiger partial charge is 0.326 e. The maximum atomic E-state index is 13.2. The highest BCUT2D eigenvalue weighted by Gasteiger charge is 2.31. The minimum absolute atomic E-state index is 0.0164. The van der Waals surface area contributed by atoms with Crippen LogP contribution in [0.4, 0.5) is 0 Å². The van der Waals surface area contributed by atoms with Gasteiger partial charge in [0.25, 0.3) is 0 Å². The van der Waals surface area contributed by atoms with E-state index in [1.807, 2.05) is 6.07 Å². The largest absolute Gasteiger partial charge is 0.508 e. The standard InChI is InChI=1S/C26H32N4O6S/c31-18-10-8-17(9-11-18)14-21(26(35)36)29-24(33)20(13-16-5-2-1-3-6-16)28-25(34)22(15-37)30-23(32)19-7-4-12-27-19/h1-3,5-6,8-11,19-22,27,31,37H,4,7,12-15H2,(H,28,34)(H,29,33)(H,30,32)(H,35,36). The molecule has 4 unspecified atom stereocenters. The number of carboxylic acids is 1. The molecule has 0 bridgehead atoms. The summed E-state index contributed by atoms with van der Waals surface area (Å²) in [7, 11) is 0. The molecule has 0 aliphatic carbocycles. The predicted molar refractivity (Wildman–Crippen MR) is 140 cm³/mol. The van der Waals surface area contributed by atoms with Gasteiger partial charge in [0.05, 0.1) is 6.04 Å². The lowest BCUT2D eigenvalue weighted by Crippen LogP contribution is -2.58. The van der Waals surface area contributed by atoms with Crippen LogP contribution in [0.25, 0.3) is 0 Å². The molecule has 4 atom stereocenters. The molecule has 11 heteroatoms. The van der Waals surface area contributed by atoms with E-state index in [-0.39, 0.29) is 36.3 Å². The van der Waals surface area contributed by atoms with Gasteiger partial charge in [0, 0.05) is 18.6 Å². The molecule has 10 nitrogen and oxygen atoms in total. The first kappa shape index (κ1) is 28.0. The molecule has 0 saturated carbocycles. The summed E-state index contributed by atoms with van der Waals surface area (Å²) < 4.78 is 0. The summed E-state index contributed by atoms with van der Waals surface area (Å²) >= 11 is 4.20. The molecule has 0 radical (unpaired) electrons. The Hall–Kier alpha value is -3.57. The summed E-state index contributed by atoms with van der Waals surface area (Å²) in [4.78, 5) is 50.7. The number of phenols is 1. The van der Waals surface area contributed by atoms with Gasteiger partial charge in [0.1, 0.15) is 23.9 Å². The molecule has 3 amide bonds. The lowest BCUT2D eigenvalue weighted by Gasteiger charge is -2.25. The number of hydrogen-bond donors (Lipinski definition) is 7. The molecular formula is C26H32N4O6S. The number of hydrogen-bond acceptors (Lipinski definition) is 7. The van der Waals surface area contributed by atoms with Crippen molar-refractivity contribution >= 4 is 36.3 Å². The van der Waals surface area contributed by atoms with E-state index < -0.39 is 35.9 Å². The van der Waals surface area contributed by atoms with E-state index in [2.05, 4.69) is 33.9 Å². The predicted octanol–water partition coefficient (Wildman–Crippen LogP) is 0.398. The molecule has 1 aliphatic heterocycles. The van der Waals surface area contributed by atoms with E-state index in [9.17, 15) is 29.4 Å². The van der Waals surface area contributed by atoms with Gasteiger partial charge in [-0.3, -0.25) is 14.4 Å². The van der Waals surface area contributed by atoms with Gasteiger partial charge in [0.15, 0.2) is 0 Å². The van der Waals surface area contributed by atoms with Crippen molar-refractivity contribution in [2.75, 3.05) is 12.3 Å². The zero-order valence-corrected chi connectivity index (χ0v) is 21.1. The van der Waals surface area contributed by atoms with Crippen LogP contribution in [0.1, 0.15) is 24.0 Å². The van der Waals surface area contributed by atoms with Gasteiger partial charge >= 0.3 is 5.97 Å². The Bertz CT molecular complexity index is 1080. The van der Waals surface area contributed by atoms with Crippen molar-refractivity contribution in [1.29, 1.82) is 0 Å². The Labute approximate surface area is 220 Å². The molecule has 0 spiro atoms. The Kier molecular flexibility index (Phi) is 10.3. The number of carbonyl (C=O) groups is 4. The Morgan fingerprint density at radius 1 is 0.865 bits per heavy atom. The summed E-state index contributed by atoms with van der Waals surface area (Å²) in [5.74, 6) is -2.76. The molecule has 1 fully saturated rings. The lowest BCUT2D eigenvalue weighted by molar-refractivity contribution is -0.142. The summed E-state index contributed by atoms with van der Waals surface area (Å²) in [6.45, 7) is 0.726. The van der Waals surface area contributed by atoms with Crippen molar-refractivity contribution < 1.29 is 29.4 Å². The van der Waals surface area contributed by atoms with E-state index in [1.165, 1.54) is 12.1 Å². The van der Waals surface area contributed by atoms with Crippen LogP contribution in [-0.2, 0) is 32.0 Å². The molecule has 6 N–H and O–H groups in total. The number of aliphatic carboxylic acids is 1. The minimum Gasteiger partial charge on any atom is -0.508 e. The highest BCUT2D eigenvalue weighted by molar-refractivity contribution is 7.80. The van der Waals surface area contributed by atoms with E-state index >= 15 is 0 Å². The summed E-state index contributed by atoms with van der Waals surface area (Å²) in [6, 6.07) is 11.3. The van der Waals surface area contributed by atoms with Crippen molar-refractivity contribution in [3.05, 3.63) is 65.7 Å². The van der Waals surface area contributed by atoms with Gasteiger partial charge in [-0.2, -0.15) is 12.6 Å². The molecule has 2 aromatic carbocycles. The van der Waals surface area contributed by atoms with E-state index in [0.717, 1.165) is 18.5 Å². The number of phenolic OH excluding ortho intramolecular Hbond substituents is 1. The quantitative estimate of drug-likeness (QED) is 0.197. The third kappa shape index (κ3) is 8.50. The van der Waals surface area contributed by atoms with Crippen LogP contribution in [0, 0.1) is 0 Å². The molecule has 0 aromatic heterocycles. The van der Waals surface area contributed by atoms with Gasteiger partial charge in [-0.05, 0) is 42.6 Å². The number of benzene rings is 2. The second kappa shape index (κ2) is 13.7. The second-order valence-corrected chi connectivity index (χ2v) is 9.28. The van der Waals surface area contributed by atoms with Crippen LogP contribution in [-0.4, -0.2) is 70.4 Å². The Balaban J connectivity index is 1.72. The van der Waals surface area contributed by atoms with Crippen LogP contribution in [0.15, 0.2) is 54.6 Å². The van der Waals surface area contributed by atoms with Gasteiger partial charge in [-0.15, -0.1) is 0 Å². The zero-order valence-electron chi connectivity index (χ0n) is 20.2. The average Bonchev–Trinajstić information content (AvgIpc) is 3.43. The van der Waals surface area contributed by atoms with Gasteiger partial charge in [-0.1, -0.05) is 42.5 Å². The van der Waals surface area contributed by atoms with Gasteiger partial charge < -0.3 is 31.5 Å². The minimum atomic E-state index is -1.26. The molecule has 1 aliphatic rings. The first-order valence-corrected chi connectivity index (χ1v) is 12.7. The van der Waals surface area contributed by atoms with Crippen LogP contribution in [0.3, 0.4) is 0 Å². The maximum absolute atomic E-state index is 13.2. The van der Waals surface area contributed by atoms with Gasteiger partial charge in [-0.25, -0.2) is 4.79 Å².